The molecular weight excluding hydrogens is 393 g/mol. The van der Waals surface area contributed by atoms with E-state index in [4.69, 9.17) is 4.52 Å². The lowest BCUT2D eigenvalue weighted by Crippen LogP contribution is -2.42. The highest BCUT2D eigenvalue weighted by Crippen LogP contribution is 2.21. The van der Waals surface area contributed by atoms with Crippen molar-refractivity contribution in [2.24, 2.45) is 10.4 Å². The Morgan fingerprint density at radius 3 is 2.55 bits per heavy atom. The molecule has 2 N–H and O–H groups in total. The molecule has 0 radical (unpaired) electrons. The maximum Gasteiger partial charge on any atom is 0.248 e. The molecule has 0 fully saturated rings. The van der Waals surface area contributed by atoms with E-state index in [1.165, 1.54) is 6.42 Å². The summed E-state index contributed by atoms with van der Waals surface area (Å²) in [7, 11) is 0. The predicted octanol–water partition coefficient (Wildman–Crippen LogP) is 3.27. The minimum atomic E-state index is 0. The third-order valence-electron chi connectivity index (χ3n) is 3.00. The van der Waals surface area contributed by atoms with Crippen LogP contribution < -0.4 is 10.6 Å². The molecule has 0 saturated carbocycles. The van der Waals surface area contributed by atoms with Crippen LogP contribution in [-0.4, -0.2) is 28.7 Å². The van der Waals surface area contributed by atoms with Gasteiger partial charge in [0.2, 0.25) is 5.89 Å². The summed E-state index contributed by atoms with van der Waals surface area (Å²) in [5.74, 6) is 1.96. The van der Waals surface area contributed by atoms with Crippen molar-refractivity contribution < 1.29 is 4.52 Å². The number of rotatable bonds is 6. The van der Waals surface area contributed by atoms with Crippen LogP contribution in [0.4, 0.5) is 0 Å². The van der Waals surface area contributed by atoms with Gasteiger partial charge in [0, 0.05) is 12.6 Å². The quantitative estimate of drug-likeness (QED) is 0.417. The molecule has 0 aliphatic heterocycles. The third-order valence-corrected chi connectivity index (χ3v) is 3.00. The molecule has 1 aromatic rings. The fourth-order valence-electron chi connectivity index (χ4n) is 1.83. The molecule has 7 heteroatoms. The van der Waals surface area contributed by atoms with Crippen molar-refractivity contribution in [1.82, 2.24) is 20.8 Å². The van der Waals surface area contributed by atoms with Crippen LogP contribution in [-0.2, 0) is 6.54 Å². The van der Waals surface area contributed by atoms with Crippen molar-refractivity contribution >= 4 is 29.9 Å². The van der Waals surface area contributed by atoms with Crippen LogP contribution in [0.15, 0.2) is 9.52 Å². The molecule has 1 atom stereocenters. The first kappa shape index (κ1) is 21.1. The standard InChI is InChI=1S/C15H29N5O.HI/c1-7-16-14(17-10-13-19-12(3)20-21-13)18-11(2)8-9-15(4,5)6;/h11H,7-10H2,1-6H3,(H2,16,17,18);1H. The van der Waals surface area contributed by atoms with E-state index in [-0.39, 0.29) is 24.0 Å². The number of hydrogen-bond donors (Lipinski definition) is 2. The van der Waals surface area contributed by atoms with Crippen LogP contribution in [0.25, 0.3) is 0 Å². The van der Waals surface area contributed by atoms with Crippen LogP contribution in [0.5, 0.6) is 0 Å². The van der Waals surface area contributed by atoms with E-state index in [2.05, 4.69) is 53.5 Å². The molecule has 0 aliphatic rings. The number of aliphatic imine (C=N–C) groups is 1. The maximum absolute atomic E-state index is 5.07. The van der Waals surface area contributed by atoms with Gasteiger partial charge in [-0.3, -0.25) is 0 Å². The van der Waals surface area contributed by atoms with Gasteiger partial charge in [-0.15, -0.1) is 24.0 Å². The summed E-state index contributed by atoms with van der Waals surface area (Å²) in [5.41, 5.74) is 0.354. The number of hydrogen-bond acceptors (Lipinski definition) is 4. The average molecular weight is 423 g/mol. The fourth-order valence-corrected chi connectivity index (χ4v) is 1.83. The average Bonchev–Trinajstić information content (AvgIpc) is 2.79. The highest BCUT2D eigenvalue weighted by molar-refractivity contribution is 14.0. The van der Waals surface area contributed by atoms with Crippen LogP contribution in [0, 0.1) is 12.3 Å². The van der Waals surface area contributed by atoms with E-state index in [9.17, 15) is 0 Å². The van der Waals surface area contributed by atoms with Gasteiger partial charge in [-0.05, 0) is 39.0 Å². The summed E-state index contributed by atoms with van der Waals surface area (Å²) in [6, 6.07) is 0.367. The first-order chi connectivity index (χ1) is 9.80. The Hall–Kier alpha value is -0.860. The SMILES string of the molecule is CCNC(=NCc1nc(C)no1)NC(C)CCC(C)(C)C.I. The first-order valence-electron chi connectivity index (χ1n) is 7.64. The minimum absolute atomic E-state index is 0. The van der Waals surface area contributed by atoms with Crippen LogP contribution in [0.2, 0.25) is 0 Å². The van der Waals surface area contributed by atoms with E-state index in [0.717, 1.165) is 18.9 Å². The summed E-state index contributed by atoms with van der Waals surface area (Å²) in [6.07, 6.45) is 2.27. The van der Waals surface area contributed by atoms with E-state index < -0.39 is 0 Å². The topological polar surface area (TPSA) is 75.3 Å². The van der Waals surface area contributed by atoms with E-state index in [1.807, 2.05) is 6.92 Å². The zero-order valence-electron chi connectivity index (χ0n) is 14.6. The highest BCUT2D eigenvalue weighted by Gasteiger charge is 2.13. The monoisotopic (exact) mass is 423 g/mol. The van der Waals surface area contributed by atoms with Gasteiger partial charge in [-0.2, -0.15) is 4.98 Å². The zero-order valence-corrected chi connectivity index (χ0v) is 16.9. The van der Waals surface area contributed by atoms with E-state index in [1.54, 1.807) is 6.92 Å². The Morgan fingerprint density at radius 2 is 2.05 bits per heavy atom. The predicted molar refractivity (Wildman–Crippen MR) is 101 cm³/mol. The Kier molecular flexibility index (Phi) is 9.63. The van der Waals surface area contributed by atoms with Gasteiger partial charge in [0.1, 0.15) is 6.54 Å². The van der Waals surface area contributed by atoms with Crippen molar-refractivity contribution in [3.05, 3.63) is 11.7 Å². The Morgan fingerprint density at radius 1 is 1.36 bits per heavy atom. The molecule has 0 bridgehead atoms. The van der Waals surface area contributed by atoms with Crippen molar-refractivity contribution in [3.63, 3.8) is 0 Å². The second-order valence-corrected chi connectivity index (χ2v) is 6.58. The minimum Gasteiger partial charge on any atom is -0.357 e. The summed E-state index contributed by atoms with van der Waals surface area (Å²) in [4.78, 5) is 8.63. The molecule has 0 aromatic carbocycles. The van der Waals surface area contributed by atoms with Crippen molar-refractivity contribution in [3.8, 4) is 0 Å². The lowest BCUT2D eigenvalue weighted by atomic mass is 9.89. The Bertz CT molecular complexity index is 453. The zero-order chi connectivity index (χ0) is 15.9. The molecule has 0 saturated heterocycles. The summed E-state index contributed by atoms with van der Waals surface area (Å²) in [6.45, 7) is 14.0. The van der Waals surface area contributed by atoms with Gasteiger partial charge in [0.05, 0.1) is 0 Å². The Balaban J connectivity index is 0.00000441. The summed E-state index contributed by atoms with van der Waals surface area (Å²) < 4.78 is 5.07. The van der Waals surface area contributed by atoms with E-state index in [0.29, 0.717) is 29.7 Å². The van der Waals surface area contributed by atoms with E-state index >= 15 is 0 Å². The number of aromatic nitrogens is 2. The maximum atomic E-state index is 5.07. The molecular formula is C15H30IN5O. The lowest BCUT2D eigenvalue weighted by molar-refractivity contribution is 0.346. The van der Waals surface area contributed by atoms with Crippen molar-refractivity contribution in [2.45, 2.75) is 67.0 Å². The van der Waals surface area contributed by atoms with Gasteiger partial charge < -0.3 is 15.2 Å². The Labute approximate surface area is 150 Å². The van der Waals surface area contributed by atoms with Gasteiger partial charge in [0.25, 0.3) is 0 Å². The molecule has 0 aliphatic carbocycles. The molecule has 0 spiro atoms. The lowest BCUT2D eigenvalue weighted by Gasteiger charge is -2.23. The summed E-state index contributed by atoms with van der Waals surface area (Å²) >= 11 is 0. The normalized spacial score (nSPS) is 13.5. The third kappa shape index (κ3) is 9.22. The number of halogens is 1. The van der Waals surface area contributed by atoms with Crippen LogP contribution in [0.1, 0.15) is 59.2 Å². The highest BCUT2D eigenvalue weighted by atomic mass is 127. The van der Waals surface area contributed by atoms with Crippen LogP contribution >= 0.6 is 24.0 Å². The van der Waals surface area contributed by atoms with Crippen LogP contribution in [0.3, 0.4) is 0 Å². The smallest absolute Gasteiger partial charge is 0.248 e. The van der Waals surface area contributed by atoms with Crippen molar-refractivity contribution in [1.29, 1.82) is 0 Å². The van der Waals surface area contributed by atoms with Gasteiger partial charge in [-0.1, -0.05) is 25.9 Å². The molecule has 0 amide bonds. The summed E-state index contributed by atoms with van der Waals surface area (Å²) in [5, 5.41) is 10.4. The van der Waals surface area contributed by atoms with Gasteiger partial charge >= 0.3 is 0 Å². The van der Waals surface area contributed by atoms with Crippen molar-refractivity contribution in [2.75, 3.05) is 6.54 Å². The fraction of sp³-hybridized carbons (Fsp3) is 0.800. The molecule has 22 heavy (non-hydrogen) atoms. The molecule has 1 rings (SSSR count). The number of guanidine groups is 1. The first-order valence-corrected chi connectivity index (χ1v) is 7.64. The molecule has 1 heterocycles. The number of nitrogens with one attached hydrogen (secondary N) is 2. The number of aryl methyl sites for hydroxylation is 1. The molecule has 1 aromatic heterocycles. The molecule has 1 unspecified atom stereocenters. The second-order valence-electron chi connectivity index (χ2n) is 6.58. The van der Waals surface area contributed by atoms with Gasteiger partial charge in [-0.25, -0.2) is 4.99 Å². The molecule has 128 valence electrons. The largest absolute Gasteiger partial charge is 0.357 e. The molecule has 6 nitrogen and oxygen atoms in total. The number of nitrogens with zero attached hydrogens (tertiary/aromatic N) is 3. The second kappa shape index (κ2) is 10.0. The van der Waals surface area contributed by atoms with Gasteiger partial charge in [0.15, 0.2) is 11.8 Å².